The molecular weight excluding hydrogens is 226 g/mol. The quantitative estimate of drug-likeness (QED) is 0.723. The van der Waals surface area contributed by atoms with E-state index >= 15 is 0 Å². The Bertz CT molecular complexity index is 427. The Labute approximate surface area is 96.9 Å². The molecule has 2 aromatic heterocycles. The molecule has 0 aliphatic carbocycles. The van der Waals surface area contributed by atoms with Crippen molar-refractivity contribution in [3.05, 3.63) is 24.0 Å². The van der Waals surface area contributed by atoms with E-state index in [4.69, 9.17) is 0 Å². The Morgan fingerprint density at radius 1 is 1.62 bits per heavy atom. The molecule has 0 saturated heterocycles. The van der Waals surface area contributed by atoms with Gasteiger partial charge >= 0.3 is 0 Å². The third-order valence-electron chi connectivity index (χ3n) is 2.11. The van der Waals surface area contributed by atoms with Crippen molar-refractivity contribution in [2.45, 2.75) is 19.4 Å². The van der Waals surface area contributed by atoms with Gasteiger partial charge in [-0.3, -0.25) is 0 Å². The van der Waals surface area contributed by atoms with Crippen LogP contribution in [0.4, 0.5) is 5.13 Å². The number of rotatable bonds is 5. The molecule has 0 bridgehead atoms. The highest BCUT2D eigenvalue weighted by atomic mass is 32.1. The molecule has 2 heterocycles. The van der Waals surface area contributed by atoms with E-state index in [0.29, 0.717) is 12.2 Å². The van der Waals surface area contributed by atoms with Crippen LogP contribution in [-0.2, 0) is 6.42 Å². The van der Waals surface area contributed by atoms with Crippen LogP contribution in [0.25, 0.3) is 0 Å². The van der Waals surface area contributed by atoms with Crippen molar-refractivity contribution in [3.63, 3.8) is 0 Å². The summed E-state index contributed by atoms with van der Waals surface area (Å²) < 4.78 is 4.14. The van der Waals surface area contributed by atoms with Gasteiger partial charge in [0.25, 0.3) is 0 Å². The van der Waals surface area contributed by atoms with Gasteiger partial charge in [0.2, 0.25) is 5.13 Å². The number of H-pyrrole nitrogens is 1. The predicted octanol–water partition coefficient (Wildman–Crippen LogP) is 0.969. The molecule has 7 heteroatoms. The van der Waals surface area contributed by atoms with Crippen LogP contribution in [0.5, 0.6) is 0 Å². The second kappa shape index (κ2) is 5.04. The van der Waals surface area contributed by atoms with E-state index in [9.17, 15) is 5.11 Å². The second-order valence-corrected chi connectivity index (χ2v) is 4.02. The lowest BCUT2D eigenvalue weighted by molar-refractivity contribution is 0.187. The molecule has 2 aromatic rings. The summed E-state index contributed by atoms with van der Waals surface area (Å²) in [7, 11) is 0. The van der Waals surface area contributed by atoms with Crippen LogP contribution < -0.4 is 5.32 Å². The number of aromatic nitrogens is 4. The van der Waals surface area contributed by atoms with Gasteiger partial charge in [-0.2, -0.15) is 4.37 Å². The lowest BCUT2D eigenvalue weighted by atomic mass is 10.3. The van der Waals surface area contributed by atoms with Gasteiger partial charge < -0.3 is 15.4 Å². The zero-order valence-electron chi connectivity index (χ0n) is 8.84. The van der Waals surface area contributed by atoms with Crippen molar-refractivity contribution >= 4 is 16.7 Å². The van der Waals surface area contributed by atoms with Crippen LogP contribution in [0.3, 0.4) is 0 Å². The highest BCUT2D eigenvalue weighted by Crippen LogP contribution is 2.14. The SMILES string of the molecule is CCc1nsc(NCC(O)c2cnc[nH]2)n1. The first-order chi connectivity index (χ1) is 7.79. The van der Waals surface area contributed by atoms with Crippen molar-refractivity contribution in [1.82, 2.24) is 19.3 Å². The van der Waals surface area contributed by atoms with Crippen molar-refractivity contribution in [2.75, 3.05) is 11.9 Å². The zero-order chi connectivity index (χ0) is 11.4. The van der Waals surface area contributed by atoms with E-state index in [2.05, 4.69) is 24.6 Å². The summed E-state index contributed by atoms with van der Waals surface area (Å²) >= 11 is 1.30. The predicted molar refractivity (Wildman–Crippen MR) is 61.3 cm³/mol. The highest BCUT2D eigenvalue weighted by Gasteiger charge is 2.09. The van der Waals surface area contributed by atoms with E-state index in [1.165, 1.54) is 11.5 Å². The fraction of sp³-hybridized carbons (Fsp3) is 0.444. The number of nitrogens with zero attached hydrogens (tertiary/aromatic N) is 3. The summed E-state index contributed by atoms with van der Waals surface area (Å²) in [5.74, 6) is 0.823. The minimum Gasteiger partial charge on any atom is -0.385 e. The molecule has 0 spiro atoms. The van der Waals surface area contributed by atoms with Crippen LogP contribution in [0, 0.1) is 0 Å². The third-order valence-corrected chi connectivity index (χ3v) is 2.82. The maximum absolute atomic E-state index is 9.76. The first-order valence-electron chi connectivity index (χ1n) is 5.02. The number of aliphatic hydroxyl groups excluding tert-OH is 1. The number of aryl methyl sites for hydroxylation is 1. The maximum Gasteiger partial charge on any atom is 0.202 e. The number of anilines is 1. The maximum atomic E-state index is 9.76. The number of aromatic amines is 1. The van der Waals surface area contributed by atoms with Crippen molar-refractivity contribution in [3.8, 4) is 0 Å². The summed E-state index contributed by atoms with van der Waals surface area (Å²) in [6.45, 7) is 2.39. The van der Waals surface area contributed by atoms with Crippen LogP contribution in [0.1, 0.15) is 24.5 Å². The number of hydrogen-bond donors (Lipinski definition) is 3. The van der Waals surface area contributed by atoms with E-state index in [1.54, 1.807) is 12.5 Å². The van der Waals surface area contributed by atoms with E-state index in [-0.39, 0.29) is 0 Å². The number of nitrogens with one attached hydrogen (secondary N) is 2. The molecule has 6 nitrogen and oxygen atoms in total. The molecule has 86 valence electrons. The minimum absolute atomic E-state index is 0.389. The van der Waals surface area contributed by atoms with Gasteiger partial charge in [-0.15, -0.1) is 0 Å². The van der Waals surface area contributed by atoms with Gasteiger partial charge in [-0.05, 0) is 0 Å². The first-order valence-corrected chi connectivity index (χ1v) is 5.79. The van der Waals surface area contributed by atoms with E-state index in [1.807, 2.05) is 6.92 Å². The Morgan fingerprint density at radius 3 is 3.12 bits per heavy atom. The lowest BCUT2D eigenvalue weighted by Gasteiger charge is -2.08. The van der Waals surface area contributed by atoms with Crippen LogP contribution in [-0.4, -0.2) is 31.0 Å². The van der Waals surface area contributed by atoms with Crippen molar-refractivity contribution < 1.29 is 5.11 Å². The van der Waals surface area contributed by atoms with Crippen LogP contribution >= 0.6 is 11.5 Å². The van der Waals surface area contributed by atoms with Gasteiger partial charge in [0, 0.05) is 24.5 Å². The monoisotopic (exact) mass is 239 g/mol. The standard InChI is InChI=1S/C9H13N5OS/c1-2-8-13-9(16-14-8)11-4-7(15)6-3-10-5-12-6/h3,5,7,15H,2,4H2,1H3,(H,10,12)(H,11,13,14). The summed E-state index contributed by atoms with van der Waals surface area (Å²) in [5.41, 5.74) is 0.688. The van der Waals surface area contributed by atoms with Gasteiger partial charge in [0.1, 0.15) is 11.9 Å². The fourth-order valence-electron chi connectivity index (χ4n) is 1.21. The Hall–Kier alpha value is -1.47. The molecule has 3 N–H and O–H groups in total. The molecule has 0 fully saturated rings. The Morgan fingerprint density at radius 2 is 2.50 bits per heavy atom. The van der Waals surface area contributed by atoms with E-state index < -0.39 is 6.10 Å². The molecule has 16 heavy (non-hydrogen) atoms. The average Bonchev–Trinajstić information content (AvgIpc) is 2.96. The smallest absolute Gasteiger partial charge is 0.202 e. The number of imidazole rings is 1. The molecule has 0 saturated carbocycles. The average molecular weight is 239 g/mol. The number of hydrogen-bond acceptors (Lipinski definition) is 6. The molecule has 2 rings (SSSR count). The topological polar surface area (TPSA) is 86.7 Å². The number of aliphatic hydroxyl groups is 1. The molecule has 1 atom stereocenters. The summed E-state index contributed by atoms with van der Waals surface area (Å²) in [6, 6.07) is 0. The molecule has 0 aliphatic rings. The van der Waals surface area contributed by atoms with Gasteiger partial charge in [-0.25, -0.2) is 9.97 Å². The summed E-state index contributed by atoms with van der Waals surface area (Å²) in [5, 5.41) is 13.5. The molecule has 0 radical (unpaired) electrons. The van der Waals surface area contributed by atoms with Crippen molar-refractivity contribution in [2.24, 2.45) is 0 Å². The van der Waals surface area contributed by atoms with Gasteiger partial charge in [-0.1, -0.05) is 6.92 Å². The second-order valence-electron chi connectivity index (χ2n) is 3.27. The van der Waals surface area contributed by atoms with Crippen LogP contribution in [0.15, 0.2) is 12.5 Å². The first kappa shape index (κ1) is 11.0. The van der Waals surface area contributed by atoms with Crippen LogP contribution in [0.2, 0.25) is 0 Å². The lowest BCUT2D eigenvalue weighted by Crippen LogP contribution is -2.12. The Kier molecular flexibility index (Phi) is 3.47. The molecule has 0 aromatic carbocycles. The Balaban J connectivity index is 1.87. The molecule has 1 unspecified atom stereocenters. The molecule has 0 amide bonds. The fourth-order valence-corrected chi connectivity index (χ4v) is 1.87. The normalized spacial score (nSPS) is 12.6. The molecule has 0 aliphatic heterocycles. The minimum atomic E-state index is -0.614. The zero-order valence-corrected chi connectivity index (χ0v) is 9.66. The third kappa shape index (κ3) is 2.56. The van der Waals surface area contributed by atoms with Crippen molar-refractivity contribution in [1.29, 1.82) is 0 Å². The van der Waals surface area contributed by atoms with Gasteiger partial charge in [0.05, 0.1) is 18.2 Å². The highest BCUT2D eigenvalue weighted by molar-refractivity contribution is 7.09. The largest absolute Gasteiger partial charge is 0.385 e. The molecular formula is C9H13N5OS. The van der Waals surface area contributed by atoms with Gasteiger partial charge in [0.15, 0.2) is 0 Å². The summed E-state index contributed by atoms with van der Waals surface area (Å²) in [4.78, 5) is 10.9. The summed E-state index contributed by atoms with van der Waals surface area (Å²) in [6.07, 6.45) is 3.35. The van der Waals surface area contributed by atoms with E-state index in [0.717, 1.165) is 17.4 Å².